The first-order chi connectivity index (χ1) is 9.04. The van der Waals surface area contributed by atoms with Crippen LogP contribution >= 0.6 is 0 Å². The van der Waals surface area contributed by atoms with Crippen LogP contribution in [0.2, 0.25) is 6.82 Å². The maximum atomic E-state index is 13.2. The van der Waals surface area contributed by atoms with Crippen LogP contribution in [0, 0.1) is 0 Å². The van der Waals surface area contributed by atoms with E-state index in [1.807, 2.05) is 12.1 Å². The van der Waals surface area contributed by atoms with Crippen LogP contribution in [0.1, 0.15) is 16.7 Å². The van der Waals surface area contributed by atoms with Crippen LogP contribution in [0.15, 0.2) is 48.5 Å². The predicted octanol–water partition coefficient (Wildman–Crippen LogP) is 1.01. The number of halogens is 2. The summed E-state index contributed by atoms with van der Waals surface area (Å²) in [7, 11) is 0. The minimum absolute atomic E-state index is 0. The van der Waals surface area contributed by atoms with Crippen molar-refractivity contribution in [2.45, 2.75) is 13.2 Å². The van der Waals surface area contributed by atoms with Crippen molar-refractivity contribution in [2.75, 3.05) is 0 Å². The summed E-state index contributed by atoms with van der Waals surface area (Å²) in [6.45, 7) is -2.42. The summed E-state index contributed by atoms with van der Waals surface area (Å²) in [5, 5.41) is 0. The molecule has 1 aliphatic rings. The van der Waals surface area contributed by atoms with Crippen LogP contribution < -0.4 is 56.8 Å². The van der Waals surface area contributed by atoms with Crippen LogP contribution in [0.25, 0.3) is 11.6 Å². The topological polar surface area (TPSA) is 0 Å². The molecule has 0 unspecified atom stereocenters. The Balaban J connectivity index is 0.00000147. The Morgan fingerprint density at radius 2 is 1.60 bits per heavy atom. The Labute approximate surface area is 160 Å². The van der Waals surface area contributed by atoms with Gasteiger partial charge in [-0.15, -0.1) is 12.3 Å². The van der Waals surface area contributed by atoms with Gasteiger partial charge in [0.2, 0.25) is 0 Å². The first-order valence-corrected chi connectivity index (χ1v) is 6.49. The van der Waals surface area contributed by atoms with Gasteiger partial charge in [-0.1, -0.05) is 54.6 Å². The standard InChI is InChI=1S/C16H14BF2.K/c1-17(18,19)16-8-6-12(7-9-16)15-10-13-4-2-3-5-14(13)11-15;/h2-10H,11H2,1H3;/q-1;+1. The average molecular weight is 294 g/mol. The Morgan fingerprint density at radius 3 is 2.20 bits per heavy atom. The van der Waals surface area contributed by atoms with Gasteiger partial charge in [0.1, 0.15) is 0 Å². The molecule has 0 heterocycles. The molecular weight excluding hydrogens is 280 g/mol. The molecular formula is C16H14BF2K. The second-order valence-corrected chi connectivity index (χ2v) is 5.19. The van der Waals surface area contributed by atoms with Crippen LogP contribution in [-0.2, 0) is 6.42 Å². The summed E-state index contributed by atoms with van der Waals surface area (Å²) in [5.41, 5.74) is 4.87. The van der Waals surface area contributed by atoms with Crippen molar-refractivity contribution in [1.29, 1.82) is 0 Å². The smallest absolute Gasteiger partial charge is 0.473 e. The molecule has 0 saturated heterocycles. The predicted molar refractivity (Wildman–Crippen MR) is 77.9 cm³/mol. The molecule has 0 bridgehead atoms. The van der Waals surface area contributed by atoms with E-state index in [0.29, 0.717) is 0 Å². The van der Waals surface area contributed by atoms with Crippen LogP contribution in [0.4, 0.5) is 8.63 Å². The summed E-state index contributed by atoms with van der Waals surface area (Å²) in [6, 6.07) is 14.9. The molecule has 0 amide bonds. The zero-order valence-corrected chi connectivity index (χ0v) is 14.9. The van der Waals surface area contributed by atoms with E-state index in [4.69, 9.17) is 0 Å². The molecule has 96 valence electrons. The van der Waals surface area contributed by atoms with Crippen molar-refractivity contribution >= 4 is 23.8 Å². The van der Waals surface area contributed by atoms with Gasteiger partial charge in [-0.2, -0.15) is 0 Å². The number of fused-ring (bicyclic) bond motifs is 1. The molecule has 2 aromatic carbocycles. The first kappa shape index (κ1) is 16.1. The van der Waals surface area contributed by atoms with Crippen LogP contribution in [0.3, 0.4) is 0 Å². The van der Waals surface area contributed by atoms with Crippen molar-refractivity contribution < 1.29 is 60.0 Å². The van der Waals surface area contributed by atoms with E-state index in [9.17, 15) is 8.63 Å². The van der Waals surface area contributed by atoms with Gasteiger partial charge in [-0.3, -0.25) is 0 Å². The first-order valence-electron chi connectivity index (χ1n) is 6.49. The molecule has 0 aromatic heterocycles. The Kier molecular flexibility index (Phi) is 5.03. The molecule has 0 atom stereocenters. The van der Waals surface area contributed by atoms with Gasteiger partial charge < -0.3 is 8.63 Å². The maximum Gasteiger partial charge on any atom is 1.00 e. The van der Waals surface area contributed by atoms with E-state index in [-0.39, 0.29) is 56.8 Å². The van der Waals surface area contributed by atoms with Gasteiger partial charge in [0.25, 0.3) is 0 Å². The zero-order valence-electron chi connectivity index (χ0n) is 11.7. The fourth-order valence-electron chi connectivity index (χ4n) is 2.50. The van der Waals surface area contributed by atoms with E-state index in [2.05, 4.69) is 18.2 Å². The molecule has 0 N–H and O–H groups in total. The Morgan fingerprint density at radius 1 is 0.950 bits per heavy atom. The van der Waals surface area contributed by atoms with Crippen molar-refractivity contribution in [3.05, 3.63) is 65.2 Å². The maximum absolute atomic E-state index is 13.2. The molecule has 20 heavy (non-hydrogen) atoms. The summed E-state index contributed by atoms with van der Waals surface area (Å²) in [5.74, 6) is 0. The second kappa shape index (κ2) is 6.24. The van der Waals surface area contributed by atoms with E-state index in [0.717, 1.165) is 18.8 Å². The second-order valence-electron chi connectivity index (χ2n) is 5.19. The van der Waals surface area contributed by atoms with E-state index in [1.54, 1.807) is 24.3 Å². The molecule has 1 aliphatic carbocycles. The van der Waals surface area contributed by atoms with Gasteiger partial charge in [0.15, 0.2) is 0 Å². The Hall–Kier alpha value is -0.259. The van der Waals surface area contributed by atoms with Crippen molar-refractivity contribution in [3.63, 3.8) is 0 Å². The molecule has 0 fully saturated rings. The van der Waals surface area contributed by atoms with Crippen molar-refractivity contribution in [1.82, 2.24) is 0 Å². The summed E-state index contributed by atoms with van der Waals surface area (Å²) in [6.07, 6.45) is 3.02. The molecule has 0 saturated carbocycles. The molecule has 0 radical (unpaired) electrons. The van der Waals surface area contributed by atoms with Gasteiger partial charge in [0, 0.05) is 0 Å². The number of rotatable bonds is 2. The minimum Gasteiger partial charge on any atom is -0.473 e. The third-order valence-corrected chi connectivity index (χ3v) is 3.63. The molecule has 2 aromatic rings. The van der Waals surface area contributed by atoms with Gasteiger partial charge in [-0.25, -0.2) is 0 Å². The average Bonchev–Trinajstić information content (AvgIpc) is 2.81. The van der Waals surface area contributed by atoms with Gasteiger partial charge in [-0.05, 0) is 28.7 Å². The number of hydrogen-bond donors (Lipinski definition) is 0. The third kappa shape index (κ3) is 3.31. The fourth-order valence-corrected chi connectivity index (χ4v) is 2.50. The van der Waals surface area contributed by atoms with Crippen LogP contribution in [-0.4, -0.2) is 6.70 Å². The van der Waals surface area contributed by atoms with Gasteiger partial charge in [0.05, 0.1) is 0 Å². The van der Waals surface area contributed by atoms with Crippen LogP contribution in [0.5, 0.6) is 0 Å². The summed E-state index contributed by atoms with van der Waals surface area (Å²) >= 11 is 0. The zero-order chi connectivity index (χ0) is 13.5. The molecule has 3 rings (SSSR count). The molecule has 0 aliphatic heterocycles. The molecule has 0 nitrogen and oxygen atoms in total. The molecule has 4 heteroatoms. The summed E-state index contributed by atoms with van der Waals surface area (Å²) < 4.78 is 26.5. The quantitative estimate of drug-likeness (QED) is 0.725. The number of allylic oxidation sites excluding steroid dienone is 1. The van der Waals surface area contributed by atoms with Gasteiger partial charge >= 0.3 is 58.1 Å². The Bertz CT molecular complexity index is 642. The van der Waals surface area contributed by atoms with Crippen molar-refractivity contribution in [3.8, 4) is 0 Å². The SMILES string of the molecule is C[B-](F)(F)c1ccc(C2=Cc3ccccc3C2)cc1.[K+]. The summed E-state index contributed by atoms with van der Waals surface area (Å²) in [4.78, 5) is 0. The normalized spacial score (nSPS) is 13.4. The largest absolute Gasteiger partial charge is 1.00 e. The van der Waals surface area contributed by atoms with E-state index < -0.39 is 6.70 Å². The third-order valence-electron chi connectivity index (χ3n) is 3.63. The van der Waals surface area contributed by atoms with E-state index >= 15 is 0 Å². The van der Waals surface area contributed by atoms with Crippen molar-refractivity contribution in [2.24, 2.45) is 0 Å². The fraction of sp³-hybridized carbons (Fsp3) is 0.125. The monoisotopic (exact) mass is 294 g/mol. The van der Waals surface area contributed by atoms with E-state index in [1.165, 1.54) is 16.7 Å². The minimum atomic E-state index is -3.41. The molecule has 0 spiro atoms. The number of benzene rings is 2. The number of hydrogen-bond acceptors (Lipinski definition) is 0.